The highest BCUT2D eigenvalue weighted by Crippen LogP contribution is 2.40. The van der Waals surface area contributed by atoms with Gasteiger partial charge in [-0.1, -0.05) is 25.5 Å². The van der Waals surface area contributed by atoms with Crippen LogP contribution in [0.4, 0.5) is 10.7 Å². The molecule has 0 bridgehead atoms. The van der Waals surface area contributed by atoms with Crippen molar-refractivity contribution in [2.75, 3.05) is 5.32 Å². The molecule has 2 aromatic rings. The molecule has 1 aromatic carbocycles. The predicted molar refractivity (Wildman–Crippen MR) is 109 cm³/mol. The van der Waals surface area contributed by atoms with Gasteiger partial charge in [-0.2, -0.15) is 0 Å². The van der Waals surface area contributed by atoms with Crippen LogP contribution in [0.25, 0.3) is 6.08 Å². The molecule has 0 saturated heterocycles. The maximum absolute atomic E-state index is 12.3. The number of primary amides is 1. The fourth-order valence-corrected chi connectivity index (χ4v) is 4.79. The number of nitrogens with one attached hydrogen (secondary N) is 1. The number of thiophene rings is 1. The molecule has 3 rings (SSSR count). The minimum Gasteiger partial charge on any atom is -0.365 e. The number of nitrogens with zero attached hydrogens (tertiary/aromatic N) is 1. The van der Waals surface area contributed by atoms with E-state index in [1.54, 1.807) is 12.1 Å². The number of nitro groups is 1. The molecule has 1 atom stereocenters. The summed E-state index contributed by atoms with van der Waals surface area (Å²) in [5, 5.41) is 14.1. The zero-order valence-corrected chi connectivity index (χ0v) is 16.3. The van der Waals surface area contributed by atoms with E-state index >= 15 is 0 Å². The highest BCUT2D eigenvalue weighted by molar-refractivity contribution is 7.17. The fourth-order valence-electron chi connectivity index (χ4n) is 3.42. The number of amides is 2. The van der Waals surface area contributed by atoms with Crippen LogP contribution < -0.4 is 11.1 Å². The molecule has 1 heterocycles. The Hall–Kier alpha value is -3.00. The lowest BCUT2D eigenvalue weighted by Crippen LogP contribution is -2.19. The van der Waals surface area contributed by atoms with Crippen molar-refractivity contribution in [2.45, 2.75) is 32.6 Å². The molecule has 0 aliphatic heterocycles. The summed E-state index contributed by atoms with van der Waals surface area (Å²) in [5.74, 6) is -0.366. The summed E-state index contributed by atoms with van der Waals surface area (Å²) in [5.41, 5.74) is 7.43. The van der Waals surface area contributed by atoms with Crippen molar-refractivity contribution < 1.29 is 14.5 Å². The van der Waals surface area contributed by atoms with Gasteiger partial charge in [0.25, 0.3) is 11.6 Å². The first-order valence-corrected chi connectivity index (χ1v) is 9.88. The number of benzene rings is 1. The zero-order valence-electron chi connectivity index (χ0n) is 15.4. The largest absolute Gasteiger partial charge is 0.365 e. The Balaban J connectivity index is 1.79. The smallest absolute Gasteiger partial charge is 0.270 e. The van der Waals surface area contributed by atoms with Crippen LogP contribution in [0, 0.1) is 16.0 Å². The Morgan fingerprint density at radius 2 is 2.21 bits per heavy atom. The molecule has 8 heteroatoms. The molecule has 3 N–H and O–H groups in total. The molecule has 146 valence electrons. The van der Waals surface area contributed by atoms with E-state index in [0.717, 1.165) is 36.1 Å². The van der Waals surface area contributed by atoms with E-state index in [0.29, 0.717) is 22.0 Å². The molecule has 0 fully saturated rings. The van der Waals surface area contributed by atoms with Crippen LogP contribution in [0.2, 0.25) is 0 Å². The third-order valence-electron chi connectivity index (χ3n) is 4.94. The summed E-state index contributed by atoms with van der Waals surface area (Å²) in [7, 11) is 0. The monoisotopic (exact) mass is 399 g/mol. The van der Waals surface area contributed by atoms with Crippen molar-refractivity contribution >= 4 is 39.9 Å². The van der Waals surface area contributed by atoms with Crippen LogP contribution in [-0.4, -0.2) is 16.7 Å². The molecule has 2 amide bonds. The van der Waals surface area contributed by atoms with Gasteiger partial charge in [0.1, 0.15) is 5.00 Å². The van der Waals surface area contributed by atoms with Gasteiger partial charge in [0.05, 0.1) is 10.5 Å². The van der Waals surface area contributed by atoms with Gasteiger partial charge in [-0.05, 0) is 42.4 Å². The highest BCUT2D eigenvalue weighted by Gasteiger charge is 2.27. The fraction of sp³-hybridized carbons (Fsp3) is 0.300. The molecule has 0 radical (unpaired) electrons. The molecule has 0 spiro atoms. The lowest BCUT2D eigenvalue weighted by Gasteiger charge is -2.20. The zero-order chi connectivity index (χ0) is 20.3. The van der Waals surface area contributed by atoms with Crippen molar-refractivity contribution in [1.29, 1.82) is 0 Å². The van der Waals surface area contributed by atoms with Crippen LogP contribution in [0.15, 0.2) is 30.3 Å². The summed E-state index contributed by atoms with van der Waals surface area (Å²) in [6.45, 7) is 2.15. The standard InChI is InChI=1S/C20H21N3O4S/c1-2-12-6-8-15-16(11-12)28-20(18(15)19(21)25)22-17(24)9-7-13-4-3-5-14(10-13)23(26)27/h3-5,7,9-10,12H,2,6,8,11H2,1H3,(H2,21,25)(H,22,24)/b9-7+/t12-/m0/s1. The Bertz CT molecular complexity index is 964. The molecule has 1 aliphatic carbocycles. The second kappa shape index (κ2) is 8.35. The predicted octanol–water partition coefficient (Wildman–Crippen LogP) is 3.92. The van der Waals surface area contributed by atoms with Gasteiger partial charge in [0.15, 0.2) is 0 Å². The van der Waals surface area contributed by atoms with E-state index in [9.17, 15) is 19.7 Å². The molecular formula is C20H21N3O4S. The number of nitro benzene ring substituents is 1. The third kappa shape index (κ3) is 4.28. The molecule has 28 heavy (non-hydrogen) atoms. The summed E-state index contributed by atoms with van der Waals surface area (Å²) < 4.78 is 0. The summed E-state index contributed by atoms with van der Waals surface area (Å²) in [4.78, 5) is 35.8. The number of nitrogens with two attached hydrogens (primary N) is 1. The van der Waals surface area contributed by atoms with E-state index < -0.39 is 16.7 Å². The van der Waals surface area contributed by atoms with Gasteiger partial charge in [-0.25, -0.2) is 0 Å². The van der Waals surface area contributed by atoms with Crippen molar-refractivity contribution in [3.8, 4) is 0 Å². The Morgan fingerprint density at radius 1 is 1.43 bits per heavy atom. The lowest BCUT2D eigenvalue weighted by atomic mass is 9.85. The molecule has 0 unspecified atom stereocenters. The maximum atomic E-state index is 12.3. The number of anilines is 1. The summed E-state index contributed by atoms with van der Waals surface area (Å²) >= 11 is 1.41. The molecule has 1 aliphatic rings. The first-order chi connectivity index (χ1) is 13.4. The highest BCUT2D eigenvalue weighted by atomic mass is 32.1. The van der Waals surface area contributed by atoms with E-state index in [2.05, 4.69) is 12.2 Å². The van der Waals surface area contributed by atoms with Gasteiger partial charge in [0.2, 0.25) is 5.91 Å². The number of carbonyl (C=O) groups excluding carboxylic acids is 2. The van der Waals surface area contributed by atoms with Crippen LogP contribution in [0.1, 0.15) is 46.1 Å². The molecular weight excluding hydrogens is 378 g/mol. The Morgan fingerprint density at radius 3 is 2.89 bits per heavy atom. The number of rotatable bonds is 6. The van der Waals surface area contributed by atoms with Gasteiger partial charge in [0, 0.05) is 23.1 Å². The van der Waals surface area contributed by atoms with Gasteiger partial charge < -0.3 is 11.1 Å². The second-order valence-electron chi connectivity index (χ2n) is 6.76. The van der Waals surface area contributed by atoms with E-state index in [-0.39, 0.29) is 5.69 Å². The van der Waals surface area contributed by atoms with Gasteiger partial charge >= 0.3 is 0 Å². The Kier molecular flexibility index (Phi) is 5.89. The minimum atomic E-state index is -0.537. The van der Waals surface area contributed by atoms with E-state index in [4.69, 9.17) is 5.73 Å². The van der Waals surface area contributed by atoms with Crippen LogP contribution in [0.5, 0.6) is 0 Å². The van der Waals surface area contributed by atoms with Crippen LogP contribution >= 0.6 is 11.3 Å². The SMILES string of the molecule is CC[C@H]1CCc2c(sc(NC(=O)/C=C/c3cccc([N+](=O)[O-])c3)c2C(N)=O)C1. The first-order valence-electron chi connectivity index (χ1n) is 9.06. The average Bonchev–Trinajstić information content (AvgIpc) is 3.03. The third-order valence-corrected chi connectivity index (χ3v) is 6.11. The average molecular weight is 399 g/mol. The van der Waals surface area contributed by atoms with Gasteiger partial charge in [-0.3, -0.25) is 19.7 Å². The topological polar surface area (TPSA) is 115 Å². The van der Waals surface area contributed by atoms with Crippen molar-refractivity contribution in [2.24, 2.45) is 11.7 Å². The number of fused-ring (bicyclic) bond motifs is 1. The maximum Gasteiger partial charge on any atom is 0.270 e. The van der Waals surface area contributed by atoms with E-state index in [1.165, 1.54) is 35.6 Å². The number of hydrogen-bond donors (Lipinski definition) is 2. The van der Waals surface area contributed by atoms with Crippen LogP contribution in [-0.2, 0) is 17.6 Å². The van der Waals surface area contributed by atoms with Crippen LogP contribution in [0.3, 0.4) is 0 Å². The van der Waals surface area contributed by atoms with Crippen molar-refractivity contribution in [3.63, 3.8) is 0 Å². The van der Waals surface area contributed by atoms with Crippen molar-refractivity contribution in [3.05, 3.63) is 62.0 Å². The quantitative estimate of drug-likeness (QED) is 0.435. The number of non-ortho nitro benzene ring substituents is 1. The number of hydrogen-bond acceptors (Lipinski definition) is 5. The van der Waals surface area contributed by atoms with E-state index in [1.807, 2.05) is 0 Å². The minimum absolute atomic E-state index is 0.0463. The molecule has 1 aromatic heterocycles. The normalized spacial score (nSPS) is 16.0. The molecule has 0 saturated carbocycles. The Labute approximate surface area is 166 Å². The first kappa shape index (κ1) is 19.8. The summed E-state index contributed by atoms with van der Waals surface area (Å²) in [6, 6.07) is 5.99. The number of carbonyl (C=O) groups is 2. The summed E-state index contributed by atoms with van der Waals surface area (Å²) in [6.07, 6.45) is 6.57. The molecule has 7 nitrogen and oxygen atoms in total. The van der Waals surface area contributed by atoms with Gasteiger partial charge in [-0.15, -0.1) is 11.3 Å². The lowest BCUT2D eigenvalue weighted by molar-refractivity contribution is -0.384. The van der Waals surface area contributed by atoms with Crippen molar-refractivity contribution in [1.82, 2.24) is 0 Å². The second-order valence-corrected chi connectivity index (χ2v) is 7.87.